The molecule has 2 aromatic carbocycles. The molecule has 1 saturated heterocycles. The van der Waals surface area contributed by atoms with E-state index in [0.717, 1.165) is 10.0 Å². The van der Waals surface area contributed by atoms with Crippen LogP contribution in [0, 0.1) is 5.82 Å². The van der Waals surface area contributed by atoms with E-state index in [4.69, 9.17) is 12.2 Å². The average Bonchev–Trinajstić information content (AvgIpc) is 2.88. The molecule has 0 unspecified atom stereocenters. The number of hydrogen-bond donors (Lipinski definition) is 0. The van der Waals surface area contributed by atoms with Crippen LogP contribution in [0.3, 0.4) is 0 Å². The molecule has 2 nitrogen and oxygen atoms in total. The van der Waals surface area contributed by atoms with Crippen LogP contribution in [0.25, 0.3) is 4.48 Å². The van der Waals surface area contributed by atoms with Crippen LogP contribution in [0.2, 0.25) is 0 Å². The minimum atomic E-state index is -0.352. The fraction of sp³-hybridized carbons (Fsp3) is 0. The van der Waals surface area contributed by atoms with Crippen molar-refractivity contribution in [1.29, 1.82) is 0 Å². The summed E-state index contributed by atoms with van der Waals surface area (Å²) in [5.41, 5.74) is 1.58. The molecule has 0 saturated carbocycles. The Kier molecular flexibility index (Phi) is 5.28. The van der Waals surface area contributed by atoms with E-state index in [1.165, 1.54) is 28.8 Å². The van der Waals surface area contributed by atoms with Crippen LogP contribution in [0.1, 0.15) is 5.56 Å². The van der Waals surface area contributed by atoms with Crippen LogP contribution in [0.15, 0.2) is 71.7 Å². The minimum Gasteiger partial charge on any atom is -0.268 e. The molecule has 24 heavy (non-hydrogen) atoms. The molecule has 0 bridgehead atoms. The standard InChI is InChI=1S/C18H11BrFNOS2/c19-15(12-4-2-1-3-5-12)10-11-16-17(22)21(18(23)24-16)14-8-6-13(20)7-9-14/h1-11H. The van der Waals surface area contributed by atoms with Crippen molar-refractivity contribution in [1.82, 2.24) is 0 Å². The summed E-state index contributed by atoms with van der Waals surface area (Å²) in [5, 5.41) is 0. The summed E-state index contributed by atoms with van der Waals surface area (Å²) in [5.74, 6) is -0.560. The molecule has 0 aliphatic carbocycles. The van der Waals surface area contributed by atoms with Crippen molar-refractivity contribution in [3.63, 3.8) is 0 Å². The van der Waals surface area contributed by atoms with Crippen LogP contribution in [0.5, 0.6) is 0 Å². The van der Waals surface area contributed by atoms with Gasteiger partial charge >= 0.3 is 0 Å². The number of hydrogen-bond acceptors (Lipinski definition) is 3. The van der Waals surface area contributed by atoms with Gasteiger partial charge in [-0.2, -0.15) is 0 Å². The number of benzene rings is 2. The molecule has 6 heteroatoms. The molecule has 1 heterocycles. The summed E-state index contributed by atoms with van der Waals surface area (Å²) in [6, 6.07) is 15.5. The quantitative estimate of drug-likeness (QED) is 0.483. The Bertz CT molecular complexity index is 847. The monoisotopic (exact) mass is 419 g/mol. The smallest absolute Gasteiger partial charge is 0.268 e. The molecule has 0 N–H and O–H groups in total. The van der Waals surface area contributed by atoms with E-state index >= 15 is 0 Å². The molecule has 1 aliphatic heterocycles. The predicted molar refractivity (Wildman–Crippen MR) is 106 cm³/mol. The highest BCUT2D eigenvalue weighted by Crippen LogP contribution is 2.35. The predicted octanol–water partition coefficient (Wildman–Crippen LogP) is 5.51. The topological polar surface area (TPSA) is 20.3 Å². The van der Waals surface area contributed by atoms with E-state index in [-0.39, 0.29) is 11.7 Å². The Morgan fingerprint density at radius 1 is 1.12 bits per heavy atom. The zero-order valence-electron chi connectivity index (χ0n) is 12.3. The SMILES string of the molecule is O=C1C(=CC=C(Br)c2ccccc2)SC(=S)N1c1ccc(F)cc1. The van der Waals surface area contributed by atoms with Gasteiger partial charge in [0.15, 0.2) is 4.32 Å². The second kappa shape index (κ2) is 7.42. The highest BCUT2D eigenvalue weighted by atomic mass is 79.9. The molecule has 0 spiro atoms. The molecule has 0 aromatic heterocycles. The lowest BCUT2D eigenvalue weighted by molar-refractivity contribution is -0.113. The number of thiocarbonyl (C=S) groups is 1. The van der Waals surface area contributed by atoms with Gasteiger partial charge in [-0.25, -0.2) is 4.39 Å². The van der Waals surface area contributed by atoms with Gasteiger partial charge in [0.05, 0.1) is 10.6 Å². The third-order valence-electron chi connectivity index (χ3n) is 3.31. The summed E-state index contributed by atoms with van der Waals surface area (Å²) >= 11 is 10.0. The maximum absolute atomic E-state index is 13.0. The number of allylic oxidation sites excluding steroid dienone is 2. The zero-order valence-corrected chi connectivity index (χ0v) is 15.5. The van der Waals surface area contributed by atoms with Gasteiger partial charge in [-0.05, 0) is 42.0 Å². The van der Waals surface area contributed by atoms with Crippen LogP contribution in [-0.4, -0.2) is 10.2 Å². The van der Waals surface area contributed by atoms with Gasteiger partial charge in [0.1, 0.15) is 5.82 Å². The Morgan fingerprint density at radius 3 is 2.46 bits per heavy atom. The van der Waals surface area contributed by atoms with Gasteiger partial charge in [-0.3, -0.25) is 9.69 Å². The van der Waals surface area contributed by atoms with E-state index in [0.29, 0.717) is 14.9 Å². The fourth-order valence-electron chi connectivity index (χ4n) is 2.14. The lowest BCUT2D eigenvalue weighted by Crippen LogP contribution is -2.27. The lowest BCUT2D eigenvalue weighted by Gasteiger charge is -2.14. The average molecular weight is 420 g/mol. The second-order valence-corrected chi connectivity index (χ2v) is 7.43. The maximum atomic E-state index is 13.0. The molecule has 1 aliphatic rings. The molecule has 1 fully saturated rings. The van der Waals surface area contributed by atoms with E-state index in [1.807, 2.05) is 36.4 Å². The van der Waals surface area contributed by atoms with Gasteiger partial charge < -0.3 is 0 Å². The van der Waals surface area contributed by atoms with Crippen molar-refractivity contribution in [3.8, 4) is 0 Å². The lowest BCUT2D eigenvalue weighted by atomic mass is 10.2. The number of carbonyl (C=O) groups is 1. The van der Waals surface area contributed by atoms with E-state index in [1.54, 1.807) is 18.2 Å². The first-order valence-electron chi connectivity index (χ1n) is 7.01. The highest BCUT2D eigenvalue weighted by molar-refractivity contribution is 9.15. The second-order valence-electron chi connectivity index (χ2n) is 4.90. The molecule has 3 rings (SSSR count). The number of thioether (sulfide) groups is 1. The first-order chi connectivity index (χ1) is 11.6. The Morgan fingerprint density at radius 2 is 1.79 bits per heavy atom. The van der Waals surface area contributed by atoms with Crippen molar-refractivity contribution in [3.05, 3.63) is 83.0 Å². The van der Waals surface area contributed by atoms with Gasteiger partial charge in [0.25, 0.3) is 5.91 Å². The van der Waals surface area contributed by atoms with Crippen LogP contribution >= 0.6 is 39.9 Å². The van der Waals surface area contributed by atoms with Crippen molar-refractivity contribution in [2.75, 3.05) is 4.90 Å². The van der Waals surface area contributed by atoms with Crippen molar-refractivity contribution < 1.29 is 9.18 Å². The van der Waals surface area contributed by atoms with Crippen LogP contribution < -0.4 is 4.90 Å². The number of halogens is 2. The number of rotatable bonds is 3. The Labute approximate surface area is 157 Å². The van der Waals surface area contributed by atoms with Gasteiger partial charge in [-0.1, -0.05) is 70.2 Å². The number of amides is 1. The number of carbonyl (C=O) groups excluding carboxylic acids is 1. The highest BCUT2D eigenvalue weighted by Gasteiger charge is 2.32. The maximum Gasteiger partial charge on any atom is 0.270 e. The molecule has 2 aromatic rings. The molecule has 120 valence electrons. The molecule has 0 radical (unpaired) electrons. The zero-order chi connectivity index (χ0) is 17.1. The largest absolute Gasteiger partial charge is 0.270 e. The normalized spacial score (nSPS) is 17.0. The fourth-order valence-corrected chi connectivity index (χ4v) is 3.77. The van der Waals surface area contributed by atoms with Crippen molar-refractivity contribution in [2.45, 2.75) is 0 Å². The van der Waals surface area contributed by atoms with Gasteiger partial charge in [0.2, 0.25) is 0 Å². The number of anilines is 1. The summed E-state index contributed by atoms with van der Waals surface area (Å²) < 4.78 is 14.4. The third-order valence-corrected chi connectivity index (χ3v) is 5.35. The summed E-state index contributed by atoms with van der Waals surface area (Å²) in [6.45, 7) is 0. The summed E-state index contributed by atoms with van der Waals surface area (Å²) in [4.78, 5) is 14.5. The van der Waals surface area contributed by atoms with Crippen molar-refractivity contribution in [2.24, 2.45) is 0 Å². The summed E-state index contributed by atoms with van der Waals surface area (Å²) in [6.07, 6.45) is 3.56. The molecule has 0 atom stereocenters. The first kappa shape index (κ1) is 17.1. The Balaban J connectivity index is 1.84. The van der Waals surface area contributed by atoms with Crippen molar-refractivity contribution >= 4 is 60.3 Å². The molecule has 1 amide bonds. The van der Waals surface area contributed by atoms with Gasteiger partial charge in [-0.15, -0.1) is 0 Å². The van der Waals surface area contributed by atoms with E-state index in [2.05, 4.69) is 15.9 Å². The first-order valence-corrected chi connectivity index (χ1v) is 9.03. The summed E-state index contributed by atoms with van der Waals surface area (Å²) in [7, 11) is 0. The molecular formula is C18H11BrFNOS2. The Hall–Kier alpha value is -1.76. The third kappa shape index (κ3) is 3.66. The minimum absolute atomic E-state index is 0.207. The van der Waals surface area contributed by atoms with E-state index < -0.39 is 0 Å². The van der Waals surface area contributed by atoms with Gasteiger partial charge in [0, 0.05) is 4.48 Å². The molecular weight excluding hydrogens is 409 g/mol. The number of nitrogens with zero attached hydrogens (tertiary/aromatic N) is 1. The van der Waals surface area contributed by atoms with Crippen LogP contribution in [-0.2, 0) is 4.79 Å². The van der Waals surface area contributed by atoms with E-state index in [9.17, 15) is 9.18 Å². The van der Waals surface area contributed by atoms with Crippen LogP contribution in [0.4, 0.5) is 10.1 Å².